The number of rotatable bonds is 3. The van der Waals surface area contributed by atoms with Crippen LogP contribution in [-0.2, 0) is 0 Å². The lowest BCUT2D eigenvalue weighted by Gasteiger charge is -2.26. The highest BCUT2D eigenvalue weighted by molar-refractivity contribution is 5.94. The smallest absolute Gasteiger partial charge is 0.251 e. The summed E-state index contributed by atoms with van der Waals surface area (Å²) in [5.74, 6) is 7.22. The third-order valence-electron chi connectivity index (χ3n) is 4.15. The first-order chi connectivity index (χ1) is 10.2. The highest BCUT2D eigenvalue weighted by Gasteiger charge is 2.18. The Morgan fingerprint density at radius 3 is 2.81 bits per heavy atom. The van der Waals surface area contributed by atoms with Gasteiger partial charge in [-0.1, -0.05) is 37.7 Å². The number of amides is 1. The van der Waals surface area contributed by atoms with Crippen LogP contribution in [0.3, 0.4) is 0 Å². The molecule has 0 unspecified atom stereocenters. The van der Waals surface area contributed by atoms with Gasteiger partial charge in [-0.05, 0) is 42.9 Å². The Morgan fingerprint density at radius 1 is 1.33 bits per heavy atom. The number of nitrogens with one attached hydrogen (secondary N) is 1. The van der Waals surface area contributed by atoms with Crippen LogP contribution in [0, 0.1) is 23.7 Å². The fourth-order valence-corrected chi connectivity index (χ4v) is 2.76. The molecule has 1 amide bonds. The van der Waals surface area contributed by atoms with Crippen molar-refractivity contribution in [3.8, 4) is 11.8 Å². The zero-order chi connectivity index (χ0) is 15.1. The molecule has 0 saturated heterocycles. The van der Waals surface area contributed by atoms with Crippen molar-refractivity contribution in [1.29, 1.82) is 0 Å². The fourth-order valence-electron chi connectivity index (χ4n) is 2.76. The Morgan fingerprint density at radius 2 is 2.10 bits per heavy atom. The van der Waals surface area contributed by atoms with Crippen LogP contribution in [0.25, 0.3) is 0 Å². The highest BCUT2D eigenvalue weighted by atomic mass is 16.1. The van der Waals surface area contributed by atoms with Gasteiger partial charge in [0.05, 0.1) is 6.54 Å². The van der Waals surface area contributed by atoms with E-state index < -0.39 is 0 Å². The van der Waals surface area contributed by atoms with Gasteiger partial charge in [-0.3, -0.25) is 4.79 Å². The van der Waals surface area contributed by atoms with Crippen LogP contribution in [0.5, 0.6) is 0 Å². The Kier molecular flexibility index (Phi) is 5.83. The number of carbonyl (C=O) groups is 1. The Labute approximate surface area is 127 Å². The molecule has 1 fully saturated rings. The van der Waals surface area contributed by atoms with Gasteiger partial charge in [0.1, 0.15) is 0 Å². The predicted molar refractivity (Wildman–Crippen MR) is 85.8 cm³/mol. The summed E-state index contributed by atoms with van der Waals surface area (Å²) in [7, 11) is 0. The van der Waals surface area contributed by atoms with Crippen LogP contribution in [0.1, 0.15) is 48.5 Å². The molecule has 3 heteroatoms. The van der Waals surface area contributed by atoms with E-state index in [0.717, 1.165) is 18.0 Å². The average Bonchev–Trinajstić information content (AvgIpc) is 2.52. The highest BCUT2D eigenvalue weighted by Crippen LogP contribution is 2.27. The van der Waals surface area contributed by atoms with Crippen LogP contribution >= 0.6 is 0 Å². The maximum Gasteiger partial charge on any atom is 0.251 e. The van der Waals surface area contributed by atoms with Crippen LogP contribution in [0.2, 0.25) is 0 Å². The molecule has 0 heterocycles. The molecule has 1 aliphatic carbocycles. The quantitative estimate of drug-likeness (QED) is 0.838. The Bertz CT molecular complexity index is 534. The van der Waals surface area contributed by atoms with Gasteiger partial charge in [0.15, 0.2) is 0 Å². The van der Waals surface area contributed by atoms with Crippen molar-refractivity contribution in [2.45, 2.75) is 32.6 Å². The minimum absolute atomic E-state index is 0.00924. The lowest BCUT2D eigenvalue weighted by atomic mass is 9.83. The van der Waals surface area contributed by atoms with E-state index in [2.05, 4.69) is 24.1 Å². The molecule has 0 radical (unpaired) electrons. The molecule has 112 valence electrons. The first-order valence-electron chi connectivity index (χ1n) is 7.76. The standard InChI is InChI=1S/C18H24N2O/c1-14-7-9-16(10-8-14)13-20-18(21)17-6-2-4-15(12-17)5-3-11-19/h2,4,6,12,14,16H,7-11,13,19H2,1H3,(H,20,21). The second-order valence-electron chi connectivity index (χ2n) is 5.92. The number of hydrogen-bond acceptors (Lipinski definition) is 2. The van der Waals surface area contributed by atoms with E-state index in [-0.39, 0.29) is 5.91 Å². The first kappa shape index (κ1) is 15.6. The van der Waals surface area contributed by atoms with E-state index in [1.165, 1.54) is 25.7 Å². The second-order valence-corrected chi connectivity index (χ2v) is 5.92. The zero-order valence-electron chi connectivity index (χ0n) is 12.7. The number of hydrogen-bond donors (Lipinski definition) is 2. The van der Waals surface area contributed by atoms with E-state index in [9.17, 15) is 4.79 Å². The van der Waals surface area contributed by atoms with Crippen LogP contribution < -0.4 is 11.1 Å². The summed E-state index contributed by atoms with van der Waals surface area (Å²) in [6.07, 6.45) is 5.02. The molecule has 1 aliphatic rings. The van der Waals surface area contributed by atoms with E-state index >= 15 is 0 Å². The molecular weight excluding hydrogens is 260 g/mol. The molecule has 1 aromatic carbocycles. The van der Waals surface area contributed by atoms with Crippen molar-refractivity contribution in [1.82, 2.24) is 5.32 Å². The summed E-state index contributed by atoms with van der Waals surface area (Å²) in [4.78, 5) is 12.2. The topological polar surface area (TPSA) is 55.1 Å². The lowest BCUT2D eigenvalue weighted by Crippen LogP contribution is -2.31. The predicted octanol–water partition coefficient (Wildman–Crippen LogP) is 2.55. The molecule has 0 bridgehead atoms. The van der Waals surface area contributed by atoms with Crippen molar-refractivity contribution in [3.63, 3.8) is 0 Å². The molecule has 3 N–H and O–H groups in total. The van der Waals surface area contributed by atoms with Crippen molar-refractivity contribution in [2.24, 2.45) is 17.6 Å². The molecule has 0 aromatic heterocycles. The molecule has 21 heavy (non-hydrogen) atoms. The molecule has 0 atom stereocenters. The van der Waals surface area contributed by atoms with Gasteiger partial charge >= 0.3 is 0 Å². The summed E-state index contributed by atoms with van der Waals surface area (Å²) in [5, 5.41) is 3.05. The van der Waals surface area contributed by atoms with Gasteiger partial charge in [0.2, 0.25) is 0 Å². The molecule has 0 spiro atoms. The summed E-state index contributed by atoms with van der Waals surface area (Å²) < 4.78 is 0. The second kappa shape index (κ2) is 7.85. The summed E-state index contributed by atoms with van der Waals surface area (Å²) >= 11 is 0. The molecule has 1 aromatic rings. The van der Waals surface area contributed by atoms with E-state index in [1.54, 1.807) is 0 Å². The van der Waals surface area contributed by atoms with Gasteiger partial charge in [-0.15, -0.1) is 0 Å². The maximum atomic E-state index is 12.2. The van der Waals surface area contributed by atoms with Gasteiger partial charge in [0, 0.05) is 17.7 Å². The molecular formula is C18H24N2O. The van der Waals surface area contributed by atoms with Crippen LogP contribution in [-0.4, -0.2) is 19.0 Å². The van der Waals surface area contributed by atoms with Crippen molar-refractivity contribution < 1.29 is 4.79 Å². The van der Waals surface area contributed by atoms with E-state index in [1.807, 2.05) is 24.3 Å². The SMILES string of the molecule is CC1CCC(CNC(=O)c2cccc(C#CCN)c2)CC1. The number of benzene rings is 1. The third kappa shape index (κ3) is 4.91. The van der Waals surface area contributed by atoms with Crippen LogP contribution in [0.15, 0.2) is 24.3 Å². The monoisotopic (exact) mass is 284 g/mol. The third-order valence-corrected chi connectivity index (χ3v) is 4.15. The van der Waals surface area contributed by atoms with Gasteiger partial charge in [-0.2, -0.15) is 0 Å². The molecule has 0 aliphatic heterocycles. The zero-order valence-corrected chi connectivity index (χ0v) is 12.7. The first-order valence-corrected chi connectivity index (χ1v) is 7.76. The van der Waals surface area contributed by atoms with Gasteiger partial charge in [0.25, 0.3) is 5.91 Å². The van der Waals surface area contributed by atoms with Crippen LogP contribution in [0.4, 0.5) is 0 Å². The molecule has 3 nitrogen and oxygen atoms in total. The van der Waals surface area contributed by atoms with E-state index in [0.29, 0.717) is 18.0 Å². The normalized spacial score (nSPS) is 21.2. The molecule has 2 rings (SSSR count). The lowest BCUT2D eigenvalue weighted by molar-refractivity contribution is 0.0942. The van der Waals surface area contributed by atoms with Gasteiger partial charge < -0.3 is 11.1 Å². The molecule has 1 saturated carbocycles. The minimum Gasteiger partial charge on any atom is -0.352 e. The summed E-state index contributed by atoms with van der Waals surface area (Å²) in [6, 6.07) is 7.40. The summed E-state index contributed by atoms with van der Waals surface area (Å²) in [6.45, 7) is 3.42. The average molecular weight is 284 g/mol. The largest absolute Gasteiger partial charge is 0.352 e. The number of nitrogens with two attached hydrogens (primary N) is 1. The Hall–Kier alpha value is -1.79. The minimum atomic E-state index is -0.00924. The maximum absolute atomic E-state index is 12.2. The summed E-state index contributed by atoms with van der Waals surface area (Å²) in [5.41, 5.74) is 6.86. The van der Waals surface area contributed by atoms with E-state index in [4.69, 9.17) is 5.73 Å². The van der Waals surface area contributed by atoms with Crippen molar-refractivity contribution in [3.05, 3.63) is 35.4 Å². The number of carbonyl (C=O) groups excluding carboxylic acids is 1. The van der Waals surface area contributed by atoms with Crippen molar-refractivity contribution >= 4 is 5.91 Å². The van der Waals surface area contributed by atoms with Crippen molar-refractivity contribution in [2.75, 3.05) is 13.1 Å². The van der Waals surface area contributed by atoms with Gasteiger partial charge in [-0.25, -0.2) is 0 Å². The fraction of sp³-hybridized carbons (Fsp3) is 0.500. The Balaban J connectivity index is 1.88.